The Morgan fingerprint density at radius 1 is 1.27 bits per heavy atom. The van der Waals surface area contributed by atoms with E-state index in [9.17, 15) is 4.79 Å². The molecule has 116 valence electrons. The molecular formula is C15H18ClN5O. The molecule has 0 saturated heterocycles. The predicted molar refractivity (Wildman–Crippen MR) is 86.9 cm³/mol. The van der Waals surface area contributed by atoms with Crippen LogP contribution in [0.25, 0.3) is 0 Å². The quantitative estimate of drug-likeness (QED) is 0.888. The van der Waals surface area contributed by atoms with Crippen LogP contribution in [0, 0.1) is 0 Å². The van der Waals surface area contributed by atoms with Gasteiger partial charge in [-0.2, -0.15) is 0 Å². The largest absolute Gasteiger partial charge is 0.330 e. The van der Waals surface area contributed by atoms with Crippen LogP contribution in [0.15, 0.2) is 42.9 Å². The first-order chi connectivity index (χ1) is 10.5. The zero-order valence-corrected chi connectivity index (χ0v) is 13.2. The first-order valence-corrected chi connectivity index (χ1v) is 7.16. The second-order valence-electron chi connectivity index (χ2n) is 5.06. The van der Waals surface area contributed by atoms with Crippen molar-refractivity contribution in [2.45, 2.75) is 6.04 Å². The van der Waals surface area contributed by atoms with Crippen LogP contribution in [0.5, 0.6) is 0 Å². The number of rotatable bonds is 5. The standard InChI is InChI=1S/C15H18ClN5O/c1-21(2)9-13(11-3-5-12(16)6-4-11)19-15(22)20-14-7-8-17-10-18-14/h3-8,10,13H,9H2,1-2H3,(H2,17,18,19,20,22)/t13-/m1/s1. The highest BCUT2D eigenvalue weighted by Gasteiger charge is 2.16. The van der Waals surface area contributed by atoms with Crippen LogP contribution < -0.4 is 10.6 Å². The molecule has 2 amide bonds. The van der Waals surface area contributed by atoms with Gasteiger partial charge in [-0.3, -0.25) is 5.32 Å². The van der Waals surface area contributed by atoms with Crippen molar-refractivity contribution in [2.75, 3.05) is 26.0 Å². The van der Waals surface area contributed by atoms with Crippen molar-refractivity contribution < 1.29 is 4.79 Å². The summed E-state index contributed by atoms with van der Waals surface area (Å²) in [7, 11) is 3.90. The lowest BCUT2D eigenvalue weighted by Crippen LogP contribution is -2.37. The maximum atomic E-state index is 12.1. The van der Waals surface area contributed by atoms with E-state index >= 15 is 0 Å². The number of likely N-dealkylation sites (N-methyl/N-ethyl adjacent to an activating group) is 1. The lowest BCUT2D eigenvalue weighted by atomic mass is 10.1. The molecule has 0 unspecified atom stereocenters. The minimum atomic E-state index is -0.319. The van der Waals surface area contributed by atoms with Gasteiger partial charge in [0.2, 0.25) is 0 Å². The SMILES string of the molecule is CN(C)C[C@@H](NC(=O)Nc1ccncn1)c1ccc(Cl)cc1. The number of carbonyl (C=O) groups is 1. The molecule has 2 rings (SSSR count). The van der Waals surface area contributed by atoms with Gasteiger partial charge in [0.25, 0.3) is 0 Å². The van der Waals surface area contributed by atoms with E-state index in [0.29, 0.717) is 17.4 Å². The number of nitrogens with one attached hydrogen (secondary N) is 2. The van der Waals surface area contributed by atoms with Crippen LogP contribution in [0.3, 0.4) is 0 Å². The second kappa shape index (κ2) is 7.72. The Hall–Kier alpha value is -2.18. The van der Waals surface area contributed by atoms with Gasteiger partial charge < -0.3 is 10.2 Å². The monoisotopic (exact) mass is 319 g/mol. The highest BCUT2D eigenvalue weighted by molar-refractivity contribution is 6.30. The summed E-state index contributed by atoms with van der Waals surface area (Å²) in [6.45, 7) is 0.666. The van der Waals surface area contributed by atoms with Crippen molar-refractivity contribution in [1.82, 2.24) is 20.2 Å². The lowest BCUT2D eigenvalue weighted by molar-refractivity contribution is 0.244. The van der Waals surface area contributed by atoms with Crippen LogP contribution in [0.2, 0.25) is 5.02 Å². The Morgan fingerprint density at radius 3 is 2.59 bits per heavy atom. The number of urea groups is 1. The summed E-state index contributed by atoms with van der Waals surface area (Å²) in [6.07, 6.45) is 2.95. The number of carbonyl (C=O) groups excluding carboxylic acids is 1. The Labute approximate surface area is 134 Å². The van der Waals surface area contributed by atoms with Crippen LogP contribution in [-0.4, -0.2) is 41.5 Å². The minimum absolute atomic E-state index is 0.158. The smallest absolute Gasteiger partial charge is 0.320 e. The summed E-state index contributed by atoms with van der Waals surface area (Å²) in [4.78, 5) is 21.9. The molecule has 6 nitrogen and oxygen atoms in total. The Kier molecular flexibility index (Phi) is 5.68. The van der Waals surface area contributed by atoms with E-state index in [4.69, 9.17) is 11.6 Å². The van der Waals surface area contributed by atoms with Crippen molar-refractivity contribution >= 4 is 23.4 Å². The summed E-state index contributed by atoms with van der Waals surface area (Å²) in [5.74, 6) is 0.451. The maximum Gasteiger partial charge on any atom is 0.320 e. The molecule has 0 aliphatic rings. The van der Waals surface area contributed by atoms with Crippen molar-refractivity contribution in [1.29, 1.82) is 0 Å². The van der Waals surface area contributed by atoms with Gasteiger partial charge in [0.05, 0.1) is 6.04 Å². The zero-order chi connectivity index (χ0) is 15.9. The molecule has 0 saturated carbocycles. The van der Waals surface area contributed by atoms with Gasteiger partial charge in [-0.15, -0.1) is 0 Å². The molecule has 0 radical (unpaired) electrons. The Balaban J connectivity index is 2.06. The molecule has 1 heterocycles. The van der Waals surface area contributed by atoms with E-state index in [1.54, 1.807) is 12.3 Å². The second-order valence-corrected chi connectivity index (χ2v) is 5.50. The van der Waals surface area contributed by atoms with Gasteiger partial charge in [-0.1, -0.05) is 23.7 Å². The molecule has 0 aliphatic heterocycles. The third-order valence-corrected chi connectivity index (χ3v) is 3.20. The summed E-state index contributed by atoms with van der Waals surface area (Å²) in [6, 6.07) is 8.58. The third kappa shape index (κ3) is 4.98. The normalized spacial score (nSPS) is 12.0. The fraction of sp³-hybridized carbons (Fsp3) is 0.267. The van der Waals surface area contributed by atoms with Gasteiger partial charge >= 0.3 is 6.03 Å². The molecule has 1 aromatic heterocycles. The van der Waals surface area contributed by atoms with E-state index in [2.05, 4.69) is 20.6 Å². The van der Waals surface area contributed by atoms with Crippen molar-refractivity contribution in [2.24, 2.45) is 0 Å². The summed E-state index contributed by atoms with van der Waals surface area (Å²) in [5, 5.41) is 6.28. The molecular weight excluding hydrogens is 302 g/mol. The predicted octanol–water partition coefficient (Wildman–Crippen LogP) is 2.55. The van der Waals surface area contributed by atoms with E-state index in [0.717, 1.165) is 5.56 Å². The molecule has 1 atom stereocenters. The van der Waals surface area contributed by atoms with Gasteiger partial charge in [0.15, 0.2) is 0 Å². The van der Waals surface area contributed by atoms with E-state index in [1.807, 2.05) is 43.3 Å². The van der Waals surface area contributed by atoms with Gasteiger partial charge in [0.1, 0.15) is 12.1 Å². The number of hydrogen-bond acceptors (Lipinski definition) is 4. The maximum absolute atomic E-state index is 12.1. The molecule has 2 N–H and O–H groups in total. The van der Waals surface area contributed by atoms with Crippen LogP contribution in [-0.2, 0) is 0 Å². The van der Waals surface area contributed by atoms with E-state index in [-0.39, 0.29) is 12.1 Å². The molecule has 0 spiro atoms. The summed E-state index contributed by atoms with van der Waals surface area (Å²) >= 11 is 5.91. The van der Waals surface area contributed by atoms with E-state index in [1.165, 1.54) is 6.33 Å². The topological polar surface area (TPSA) is 70.2 Å². The third-order valence-electron chi connectivity index (χ3n) is 2.95. The Morgan fingerprint density at radius 2 is 2.00 bits per heavy atom. The molecule has 1 aromatic carbocycles. The molecule has 0 bridgehead atoms. The molecule has 7 heteroatoms. The number of amides is 2. The average molecular weight is 320 g/mol. The first kappa shape index (κ1) is 16.2. The van der Waals surface area contributed by atoms with E-state index < -0.39 is 0 Å². The van der Waals surface area contributed by atoms with Crippen molar-refractivity contribution in [3.05, 3.63) is 53.4 Å². The van der Waals surface area contributed by atoms with Crippen LogP contribution in [0.4, 0.5) is 10.6 Å². The minimum Gasteiger partial charge on any atom is -0.330 e. The molecule has 0 fully saturated rings. The summed E-state index contributed by atoms with van der Waals surface area (Å²) in [5.41, 5.74) is 0.982. The van der Waals surface area contributed by atoms with Gasteiger partial charge in [-0.05, 0) is 37.9 Å². The fourth-order valence-corrected chi connectivity index (χ4v) is 2.10. The number of benzene rings is 1. The number of halogens is 1. The number of aromatic nitrogens is 2. The van der Waals surface area contributed by atoms with Gasteiger partial charge in [0, 0.05) is 17.8 Å². The van der Waals surface area contributed by atoms with Crippen LogP contribution in [0.1, 0.15) is 11.6 Å². The highest BCUT2D eigenvalue weighted by Crippen LogP contribution is 2.17. The van der Waals surface area contributed by atoms with Crippen molar-refractivity contribution in [3.8, 4) is 0 Å². The highest BCUT2D eigenvalue weighted by atomic mass is 35.5. The number of nitrogens with zero attached hydrogens (tertiary/aromatic N) is 3. The first-order valence-electron chi connectivity index (χ1n) is 6.78. The van der Waals surface area contributed by atoms with Gasteiger partial charge in [-0.25, -0.2) is 14.8 Å². The summed E-state index contributed by atoms with van der Waals surface area (Å²) < 4.78 is 0. The molecule has 2 aromatic rings. The lowest BCUT2D eigenvalue weighted by Gasteiger charge is -2.23. The zero-order valence-electron chi connectivity index (χ0n) is 12.5. The molecule has 0 aliphatic carbocycles. The fourth-order valence-electron chi connectivity index (χ4n) is 1.97. The molecule has 22 heavy (non-hydrogen) atoms. The Bertz CT molecular complexity index is 603. The number of anilines is 1. The number of hydrogen-bond donors (Lipinski definition) is 2. The van der Waals surface area contributed by atoms with Crippen LogP contribution >= 0.6 is 11.6 Å². The van der Waals surface area contributed by atoms with Crippen molar-refractivity contribution in [3.63, 3.8) is 0 Å². The average Bonchev–Trinajstić information content (AvgIpc) is 2.48.